The summed E-state index contributed by atoms with van der Waals surface area (Å²) in [5, 5.41) is 15.9. The Morgan fingerprint density at radius 3 is 2.67 bits per heavy atom. The van der Waals surface area contributed by atoms with Gasteiger partial charge in [-0.15, -0.1) is 0 Å². The van der Waals surface area contributed by atoms with Gasteiger partial charge in [-0.1, -0.05) is 42.5 Å². The molecule has 0 spiro atoms. The first-order valence-electron chi connectivity index (χ1n) is 7.61. The first-order chi connectivity index (χ1) is 11.6. The van der Waals surface area contributed by atoms with Crippen molar-refractivity contribution < 1.29 is 14.3 Å². The number of methoxy groups -OCH3 is 1. The lowest BCUT2D eigenvalue weighted by Gasteiger charge is -2.18. The van der Waals surface area contributed by atoms with E-state index in [9.17, 15) is 9.59 Å². The molecule has 0 radical (unpaired) electrons. The number of fused-ring (bicyclic) bond motifs is 1. The molecule has 6 nitrogen and oxygen atoms in total. The molecule has 2 aromatic rings. The summed E-state index contributed by atoms with van der Waals surface area (Å²) < 4.78 is 4.58. The number of ether oxygens (including phenoxy) is 1. The van der Waals surface area contributed by atoms with Crippen LogP contribution in [-0.2, 0) is 16.0 Å². The van der Waals surface area contributed by atoms with Crippen LogP contribution < -0.4 is 10.6 Å². The van der Waals surface area contributed by atoms with Gasteiger partial charge < -0.3 is 15.4 Å². The van der Waals surface area contributed by atoms with Crippen LogP contribution in [-0.4, -0.2) is 31.7 Å². The number of benzene rings is 2. The van der Waals surface area contributed by atoms with Gasteiger partial charge in [0.2, 0.25) is 5.91 Å². The molecule has 6 heteroatoms. The fourth-order valence-electron chi connectivity index (χ4n) is 2.38. The van der Waals surface area contributed by atoms with Crippen molar-refractivity contribution in [1.82, 2.24) is 10.6 Å². The van der Waals surface area contributed by atoms with Gasteiger partial charge in [0, 0.05) is 13.0 Å². The number of nitrogens with one attached hydrogen (secondary N) is 2. The van der Waals surface area contributed by atoms with Gasteiger partial charge in [0.05, 0.1) is 19.6 Å². The molecule has 2 N–H and O–H groups in total. The highest BCUT2D eigenvalue weighted by Gasteiger charge is 2.21. The topological polar surface area (TPSA) is 91.2 Å². The zero-order valence-corrected chi connectivity index (χ0v) is 13.4. The second kappa shape index (κ2) is 8.53. The Bertz CT molecular complexity index is 767. The predicted molar refractivity (Wildman–Crippen MR) is 90.2 cm³/mol. The highest BCUT2D eigenvalue weighted by Crippen LogP contribution is 2.16. The van der Waals surface area contributed by atoms with Gasteiger partial charge in [-0.05, 0) is 16.3 Å². The van der Waals surface area contributed by atoms with E-state index in [0.29, 0.717) is 6.42 Å². The number of hydrogen-bond acceptors (Lipinski definition) is 4. The summed E-state index contributed by atoms with van der Waals surface area (Å²) in [6, 6.07) is 15.0. The monoisotopic (exact) mass is 325 g/mol. The Labute approximate surface area is 140 Å². The number of carbonyl (C=O) groups is 2. The molecule has 0 bridgehead atoms. The SMILES string of the molecule is COC(=O)NC(Cc1ccc2ccccc2c1)C(=O)NCCC#N. The Balaban J connectivity index is 2.14. The maximum Gasteiger partial charge on any atom is 0.407 e. The summed E-state index contributed by atoms with van der Waals surface area (Å²) in [6.07, 6.45) is -0.124. The number of alkyl carbamates (subject to hydrolysis) is 1. The third-order valence-corrected chi connectivity index (χ3v) is 3.58. The molecular formula is C18H19N3O3. The molecule has 0 aliphatic rings. The molecule has 24 heavy (non-hydrogen) atoms. The summed E-state index contributed by atoms with van der Waals surface area (Å²) in [4.78, 5) is 23.7. The molecule has 0 fully saturated rings. The molecular weight excluding hydrogens is 306 g/mol. The van der Waals surface area contributed by atoms with E-state index < -0.39 is 12.1 Å². The molecule has 0 heterocycles. The van der Waals surface area contributed by atoms with Crippen molar-refractivity contribution in [3.05, 3.63) is 48.0 Å². The van der Waals surface area contributed by atoms with E-state index in [1.54, 1.807) is 0 Å². The van der Waals surface area contributed by atoms with E-state index in [1.807, 2.05) is 48.5 Å². The summed E-state index contributed by atoms with van der Waals surface area (Å²) in [6.45, 7) is 0.242. The Morgan fingerprint density at radius 2 is 1.96 bits per heavy atom. The van der Waals surface area contributed by atoms with Gasteiger partial charge in [0.15, 0.2) is 0 Å². The maximum atomic E-state index is 12.2. The van der Waals surface area contributed by atoms with Crippen molar-refractivity contribution >= 4 is 22.8 Å². The minimum atomic E-state index is -0.766. The zero-order chi connectivity index (χ0) is 17.4. The van der Waals surface area contributed by atoms with Crippen LogP contribution in [0.5, 0.6) is 0 Å². The van der Waals surface area contributed by atoms with Crippen molar-refractivity contribution in [2.45, 2.75) is 18.9 Å². The standard InChI is InChI=1S/C18H19N3O3/c1-24-18(23)21-16(17(22)20-10-4-9-19)12-13-7-8-14-5-2-3-6-15(14)11-13/h2-3,5-8,11,16H,4,10,12H2,1H3,(H,20,22)(H,21,23). The molecule has 2 amide bonds. The van der Waals surface area contributed by atoms with E-state index >= 15 is 0 Å². The van der Waals surface area contributed by atoms with Crippen molar-refractivity contribution in [3.63, 3.8) is 0 Å². The normalized spacial score (nSPS) is 11.3. The average Bonchev–Trinajstić information content (AvgIpc) is 2.61. The van der Waals surface area contributed by atoms with Crippen LogP contribution in [0, 0.1) is 11.3 Å². The Hall–Kier alpha value is -3.07. The summed E-state index contributed by atoms with van der Waals surface area (Å²) in [5.41, 5.74) is 0.922. The summed E-state index contributed by atoms with van der Waals surface area (Å²) >= 11 is 0. The number of rotatable bonds is 6. The maximum absolute atomic E-state index is 12.2. The molecule has 0 aliphatic heterocycles. The van der Waals surface area contributed by atoms with Crippen molar-refractivity contribution in [2.75, 3.05) is 13.7 Å². The third kappa shape index (κ3) is 4.71. The molecule has 0 aliphatic carbocycles. The molecule has 1 unspecified atom stereocenters. The molecule has 1 atom stereocenters. The summed E-state index contributed by atoms with van der Waals surface area (Å²) in [5.74, 6) is -0.344. The highest BCUT2D eigenvalue weighted by molar-refractivity contribution is 5.87. The van der Waals surface area contributed by atoms with Gasteiger partial charge >= 0.3 is 6.09 Å². The molecule has 0 saturated heterocycles. The van der Waals surface area contributed by atoms with Crippen LogP contribution >= 0.6 is 0 Å². The molecule has 0 aromatic heterocycles. The van der Waals surface area contributed by atoms with Crippen LogP contribution in [0.2, 0.25) is 0 Å². The fraction of sp³-hybridized carbons (Fsp3) is 0.278. The van der Waals surface area contributed by atoms with Crippen molar-refractivity contribution in [2.24, 2.45) is 0 Å². The van der Waals surface area contributed by atoms with E-state index in [-0.39, 0.29) is 18.9 Å². The number of carbonyl (C=O) groups excluding carboxylic acids is 2. The van der Waals surface area contributed by atoms with E-state index in [1.165, 1.54) is 7.11 Å². The smallest absolute Gasteiger partial charge is 0.407 e. The van der Waals surface area contributed by atoms with Crippen molar-refractivity contribution in [3.8, 4) is 6.07 Å². The van der Waals surface area contributed by atoms with E-state index in [0.717, 1.165) is 16.3 Å². The van der Waals surface area contributed by atoms with Gasteiger partial charge in [0.25, 0.3) is 0 Å². The molecule has 0 saturated carbocycles. The first kappa shape index (κ1) is 17.3. The van der Waals surface area contributed by atoms with Crippen LogP contribution in [0.4, 0.5) is 4.79 Å². The first-order valence-corrected chi connectivity index (χ1v) is 7.61. The second-order valence-corrected chi connectivity index (χ2v) is 5.27. The Kier molecular flexibility index (Phi) is 6.15. The van der Waals surface area contributed by atoms with Gasteiger partial charge in [0.1, 0.15) is 6.04 Å². The van der Waals surface area contributed by atoms with Crippen LogP contribution in [0.15, 0.2) is 42.5 Å². The van der Waals surface area contributed by atoms with Crippen molar-refractivity contribution in [1.29, 1.82) is 5.26 Å². The number of nitriles is 1. The zero-order valence-electron chi connectivity index (χ0n) is 13.4. The van der Waals surface area contributed by atoms with Gasteiger partial charge in [-0.25, -0.2) is 4.79 Å². The number of nitrogens with zero attached hydrogens (tertiary/aromatic N) is 1. The fourth-order valence-corrected chi connectivity index (χ4v) is 2.38. The molecule has 2 rings (SSSR count). The minimum absolute atomic E-state index is 0.215. The minimum Gasteiger partial charge on any atom is -0.453 e. The molecule has 124 valence electrons. The molecule has 2 aromatic carbocycles. The predicted octanol–water partition coefficient (Wildman–Crippen LogP) is 2.14. The van der Waals surface area contributed by atoms with Crippen LogP contribution in [0.25, 0.3) is 10.8 Å². The average molecular weight is 325 g/mol. The van der Waals surface area contributed by atoms with Crippen LogP contribution in [0.1, 0.15) is 12.0 Å². The quantitative estimate of drug-likeness (QED) is 0.796. The lowest BCUT2D eigenvalue weighted by Crippen LogP contribution is -2.48. The van der Waals surface area contributed by atoms with Gasteiger partial charge in [-0.3, -0.25) is 4.79 Å². The lowest BCUT2D eigenvalue weighted by atomic mass is 10.0. The van der Waals surface area contributed by atoms with Crippen LogP contribution in [0.3, 0.4) is 0 Å². The summed E-state index contributed by atoms with van der Waals surface area (Å²) in [7, 11) is 1.25. The Morgan fingerprint density at radius 1 is 1.21 bits per heavy atom. The van der Waals surface area contributed by atoms with Gasteiger partial charge in [-0.2, -0.15) is 5.26 Å². The van der Waals surface area contributed by atoms with E-state index in [2.05, 4.69) is 15.4 Å². The number of amides is 2. The van der Waals surface area contributed by atoms with E-state index in [4.69, 9.17) is 5.26 Å². The second-order valence-electron chi connectivity index (χ2n) is 5.27. The largest absolute Gasteiger partial charge is 0.453 e. The number of hydrogen-bond donors (Lipinski definition) is 2. The third-order valence-electron chi connectivity index (χ3n) is 3.58. The highest BCUT2D eigenvalue weighted by atomic mass is 16.5. The lowest BCUT2D eigenvalue weighted by molar-refractivity contribution is -0.123.